The van der Waals surface area contributed by atoms with Gasteiger partial charge in [-0.2, -0.15) is 0 Å². The highest BCUT2D eigenvalue weighted by atomic mass is 35.5. The average molecular weight is 695 g/mol. The Kier molecular flexibility index (Phi) is 12.1. The highest BCUT2D eigenvalue weighted by molar-refractivity contribution is 7.92. The summed E-state index contributed by atoms with van der Waals surface area (Å²) < 4.78 is 29.8. The number of nitrogens with zero attached hydrogens (tertiary/aromatic N) is 2. The van der Waals surface area contributed by atoms with Gasteiger partial charge in [-0.05, 0) is 79.3 Å². The Morgan fingerprint density at radius 3 is 2.09 bits per heavy atom. The fourth-order valence-corrected chi connectivity index (χ4v) is 6.94. The Labute approximate surface area is 288 Å². The number of amides is 2. The van der Waals surface area contributed by atoms with Crippen LogP contribution in [0.2, 0.25) is 10.0 Å². The summed E-state index contributed by atoms with van der Waals surface area (Å²) in [6.07, 6.45) is 0.214. The Morgan fingerprint density at radius 2 is 1.45 bits per heavy atom. The summed E-state index contributed by atoms with van der Waals surface area (Å²) in [5.74, 6) is -0.709. The molecule has 0 aliphatic rings. The van der Waals surface area contributed by atoms with Crippen LogP contribution in [-0.2, 0) is 32.6 Å². The number of halogens is 2. The molecule has 4 aromatic carbocycles. The number of nitrogens with one attached hydrogen (secondary N) is 1. The van der Waals surface area contributed by atoms with Gasteiger partial charge >= 0.3 is 0 Å². The standard InChI is InChI=1S/C37H41Cl2N3O4S/c1-25(2)22-40-37(44)35(21-29-9-7-6-8-10-29)41(23-30-15-18-32(38)33(39)20-30)36(43)24-42(34-19-27(4)11-14-28(34)5)47(45,46)31-16-12-26(3)13-17-31/h6-20,25,35H,21-24H2,1-5H3,(H,40,44)/t35-/m1/s1. The zero-order valence-corrected chi connectivity index (χ0v) is 29.7. The molecule has 4 rings (SSSR count). The molecule has 7 nitrogen and oxygen atoms in total. The van der Waals surface area contributed by atoms with Gasteiger partial charge in [0.2, 0.25) is 11.8 Å². The van der Waals surface area contributed by atoms with Crippen LogP contribution >= 0.6 is 23.2 Å². The molecule has 0 aliphatic heterocycles. The number of benzene rings is 4. The molecule has 0 radical (unpaired) electrons. The fourth-order valence-electron chi connectivity index (χ4n) is 5.15. The van der Waals surface area contributed by atoms with Crippen molar-refractivity contribution >= 4 is 50.7 Å². The van der Waals surface area contributed by atoms with Crippen LogP contribution in [0.3, 0.4) is 0 Å². The predicted octanol–water partition coefficient (Wildman–Crippen LogP) is 7.53. The van der Waals surface area contributed by atoms with Gasteiger partial charge < -0.3 is 10.2 Å². The summed E-state index contributed by atoms with van der Waals surface area (Å²) in [5.41, 5.74) is 4.31. The summed E-state index contributed by atoms with van der Waals surface area (Å²) in [7, 11) is -4.20. The van der Waals surface area contributed by atoms with Gasteiger partial charge in [0.05, 0.1) is 20.6 Å². The van der Waals surface area contributed by atoms with Crippen molar-refractivity contribution in [2.24, 2.45) is 5.92 Å². The molecule has 0 heterocycles. The number of sulfonamides is 1. The first-order valence-electron chi connectivity index (χ1n) is 15.5. The molecule has 248 valence electrons. The topological polar surface area (TPSA) is 86.8 Å². The van der Waals surface area contributed by atoms with Crippen LogP contribution in [0.25, 0.3) is 0 Å². The van der Waals surface area contributed by atoms with Crippen LogP contribution in [0.15, 0.2) is 95.9 Å². The van der Waals surface area contributed by atoms with E-state index in [1.54, 1.807) is 36.4 Å². The lowest BCUT2D eigenvalue weighted by Crippen LogP contribution is -2.53. The van der Waals surface area contributed by atoms with Gasteiger partial charge in [-0.3, -0.25) is 13.9 Å². The van der Waals surface area contributed by atoms with Gasteiger partial charge in [-0.15, -0.1) is 0 Å². The minimum Gasteiger partial charge on any atom is -0.354 e. The number of rotatable bonds is 13. The highest BCUT2D eigenvalue weighted by Crippen LogP contribution is 2.30. The molecule has 0 aliphatic carbocycles. The SMILES string of the molecule is Cc1ccc(S(=O)(=O)N(CC(=O)N(Cc2ccc(Cl)c(Cl)c2)[C@H](Cc2ccccc2)C(=O)NCC(C)C)c2cc(C)ccc2C)cc1. The van der Waals surface area contributed by atoms with Gasteiger partial charge in [0, 0.05) is 19.5 Å². The summed E-state index contributed by atoms with van der Waals surface area (Å²) in [5, 5.41) is 3.66. The Balaban J connectivity index is 1.84. The van der Waals surface area contributed by atoms with Crippen molar-refractivity contribution in [2.75, 3.05) is 17.4 Å². The number of hydrogen-bond acceptors (Lipinski definition) is 4. The molecule has 47 heavy (non-hydrogen) atoms. The molecule has 1 atom stereocenters. The summed E-state index contributed by atoms with van der Waals surface area (Å²) in [4.78, 5) is 30.1. The largest absolute Gasteiger partial charge is 0.354 e. The number of aryl methyl sites for hydroxylation is 3. The maximum absolute atomic E-state index is 14.7. The van der Waals surface area contributed by atoms with Gasteiger partial charge in [0.25, 0.3) is 10.0 Å². The van der Waals surface area contributed by atoms with E-state index in [0.29, 0.717) is 33.4 Å². The summed E-state index contributed by atoms with van der Waals surface area (Å²) in [6.45, 7) is 9.40. The van der Waals surface area contributed by atoms with Crippen LogP contribution in [-0.4, -0.2) is 44.3 Å². The molecule has 0 fully saturated rings. The zero-order chi connectivity index (χ0) is 34.3. The monoisotopic (exact) mass is 693 g/mol. The van der Waals surface area contributed by atoms with Gasteiger partial charge in [-0.25, -0.2) is 8.42 Å². The molecule has 0 bridgehead atoms. The number of hydrogen-bond donors (Lipinski definition) is 1. The third kappa shape index (κ3) is 9.37. The molecule has 2 amide bonds. The maximum atomic E-state index is 14.7. The second-order valence-corrected chi connectivity index (χ2v) is 14.9. The van der Waals surface area contributed by atoms with E-state index < -0.39 is 28.5 Å². The number of carbonyl (C=O) groups is 2. The minimum absolute atomic E-state index is 0.00641. The minimum atomic E-state index is -4.20. The number of anilines is 1. The summed E-state index contributed by atoms with van der Waals surface area (Å²) in [6, 6.07) is 25.5. The molecule has 0 saturated heterocycles. The van der Waals surface area contributed by atoms with Crippen molar-refractivity contribution in [1.82, 2.24) is 10.2 Å². The lowest BCUT2D eigenvalue weighted by molar-refractivity contribution is -0.140. The van der Waals surface area contributed by atoms with Crippen molar-refractivity contribution in [3.8, 4) is 0 Å². The van der Waals surface area contributed by atoms with E-state index in [2.05, 4.69) is 5.32 Å². The second kappa shape index (κ2) is 15.8. The number of carbonyl (C=O) groups excluding carboxylic acids is 2. The lowest BCUT2D eigenvalue weighted by atomic mass is 10.0. The summed E-state index contributed by atoms with van der Waals surface area (Å²) >= 11 is 12.6. The zero-order valence-electron chi connectivity index (χ0n) is 27.3. The molecule has 1 N–H and O–H groups in total. The van der Waals surface area contributed by atoms with Crippen LogP contribution < -0.4 is 9.62 Å². The Bertz CT molecular complexity index is 1810. The van der Waals surface area contributed by atoms with Gasteiger partial charge in [0.15, 0.2) is 0 Å². The normalized spacial score (nSPS) is 12.1. The highest BCUT2D eigenvalue weighted by Gasteiger charge is 2.35. The van der Waals surface area contributed by atoms with E-state index in [1.807, 2.05) is 77.1 Å². The van der Waals surface area contributed by atoms with Crippen molar-refractivity contribution in [3.05, 3.63) is 129 Å². The van der Waals surface area contributed by atoms with E-state index in [4.69, 9.17) is 23.2 Å². The van der Waals surface area contributed by atoms with Crippen molar-refractivity contribution in [3.63, 3.8) is 0 Å². The smallest absolute Gasteiger partial charge is 0.264 e. The molecule has 0 spiro atoms. The van der Waals surface area contributed by atoms with Crippen molar-refractivity contribution < 1.29 is 18.0 Å². The fraction of sp³-hybridized carbons (Fsp3) is 0.297. The molecule has 0 unspecified atom stereocenters. The Hall–Kier alpha value is -3.85. The molecular weight excluding hydrogens is 653 g/mol. The van der Waals surface area contributed by atoms with Crippen molar-refractivity contribution in [2.45, 2.75) is 58.5 Å². The first-order valence-corrected chi connectivity index (χ1v) is 17.7. The van der Waals surface area contributed by atoms with E-state index in [9.17, 15) is 18.0 Å². The molecule has 0 saturated carbocycles. The average Bonchev–Trinajstić information content (AvgIpc) is 3.03. The van der Waals surface area contributed by atoms with Crippen LogP contribution in [0.1, 0.15) is 41.7 Å². The van der Waals surface area contributed by atoms with Crippen molar-refractivity contribution in [1.29, 1.82) is 0 Å². The third-order valence-electron chi connectivity index (χ3n) is 7.81. The quantitative estimate of drug-likeness (QED) is 0.157. The maximum Gasteiger partial charge on any atom is 0.264 e. The van der Waals surface area contributed by atoms with Crippen LogP contribution in [0.5, 0.6) is 0 Å². The molecule has 0 aromatic heterocycles. The van der Waals surface area contributed by atoms with E-state index in [-0.39, 0.29) is 29.7 Å². The van der Waals surface area contributed by atoms with E-state index in [0.717, 1.165) is 21.0 Å². The molecular formula is C37H41Cl2N3O4S. The first-order chi connectivity index (χ1) is 22.3. The molecule has 10 heteroatoms. The van der Waals surface area contributed by atoms with E-state index >= 15 is 0 Å². The third-order valence-corrected chi connectivity index (χ3v) is 10.3. The lowest BCUT2D eigenvalue weighted by Gasteiger charge is -2.34. The van der Waals surface area contributed by atoms with Gasteiger partial charge in [0.1, 0.15) is 12.6 Å². The van der Waals surface area contributed by atoms with Crippen LogP contribution in [0, 0.1) is 26.7 Å². The van der Waals surface area contributed by atoms with E-state index in [1.165, 1.54) is 17.0 Å². The van der Waals surface area contributed by atoms with Crippen LogP contribution in [0.4, 0.5) is 5.69 Å². The predicted molar refractivity (Wildman–Crippen MR) is 190 cm³/mol. The first kappa shape index (κ1) is 36.0. The Morgan fingerprint density at radius 1 is 0.787 bits per heavy atom. The molecule has 4 aromatic rings. The van der Waals surface area contributed by atoms with Gasteiger partial charge in [-0.1, -0.05) is 103 Å². The second-order valence-electron chi connectivity index (χ2n) is 12.2.